The zero-order chi connectivity index (χ0) is 15.5. The summed E-state index contributed by atoms with van der Waals surface area (Å²) in [5, 5.41) is 4.76. The third-order valence-corrected chi connectivity index (χ3v) is 3.77. The topological polar surface area (TPSA) is 55.1 Å². The first-order chi connectivity index (χ1) is 9.88. The summed E-state index contributed by atoms with van der Waals surface area (Å²) in [5.74, 6) is -0.717. The van der Waals surface area contributed by atoms with E-state index in [0.29, 0.717) is 6.54 Å². The molecule has 0 aliphatic heterocycles. The molecule has 1 heterocycles. The van der Waals surface area contributed by atoms with Crippen molar-refractivity contribution >= 4 is 17.2 Å². The normalized spacial score (nSPS) is 13.1. The molecule has 0 aliphatic carbocycles. The Morgan fingerprint density at radius 1 is 1.29 bits per heavy atom. The van der Waals surface area contributed by atoms with Gasteiger partial charge in [-0.05, 0) is 29.1 Å². The van der Waals surface area contributed by atoms with E-state index in [9.17, 15) is 18.0 Å². The van der Waals surface area contributed by atoms with Gasteiger partial charge in [-0.1, -0.05) is 18.2 Å². The standard InChI is InChI=1S/C14H13F3N2OS/c15-14(16,17)10-4-1-3-9(7-10)12(13(18)20)19-8-11-5-2-6-21-11/h1-7,12,19H,8H2,(H2,18,20). The fraction of sp³-hybridized carbons (Fsp3) is 0.214. The van der Waals surface area contributed by atoms with Crippen LogP contribution < -0.4 is 11.1 Å². The largest absolute Gasteiger partial charge is 0.416 e. The van der Waals surface area contributed by atoms with Gasteiger partial charge in [-0.2, -0.15) is 13.2 Å². The van der Waals surface area contributed by atoms with Gasteiger partial charge >= 0.3 is 6.18 Å². The maximum atomic E-state index is 12.7. The maximum absolute atomic E-state index is 12.7. The predicted molar refractivity (Wildman–Crippen MR) is 74.5 cm³/mol. The molecule has 21 heavy (non-hydrogen) atoms. The number of amides is 1. The van der Waals surface area contributed by atoms with Gasteiger partial charge in [-0.3, -0.25) is 10.1 Å². The predicted octanol–water partition coefficient (Wildman–Crippen LogP) is 3.08. The second-order valence-electron chi connectivity index (χ2n) is 4.42. The molecule has 3 N–H and O–H groups in total. The van der Waals surface area contributed by atoms with Crippen LogP contribution in [0.5, 0.6) is 0 Å². The molecule has 0 radical (unpaired) electrons. The lowest BCUT2D eigenvalue weighted by Gasteiger charge is -2.17. The molecular weight excluding hydrogens is 301 g/mol. The third kappa shape index (κ3) is 4.05. The molecule has 1 unspecified atom stereocenters. The molecule has 2 rings (SSSR count). The van der Waals surface area contributed by atoms with E-state index in [1.165, 1.54) is 23.5 Å². The Labute approximate surface area is 123 Å². The number of alkyl halides is 3. The molecule has 112 valence electrons. The highest BCUT2D eigenvalue weighted by atomic mass is 32.1. The van der Waals surface area contributed by atoms with Crippen LogP contribution in [0.25, 0.3) is 0 Å². The molecule has 1 atom stereocenters. The van der Waals surface area contributed by atoms with Gasteiger partial charge in [0.05, 0.1) is 5.56 Å². The summed E-state index contributed by atoms with van der Waals surface area (Å²) < 4.78 is 38.1. The number of benzene rings is 1. The molecule has 1 aromatic carbocycles. The van der Waals surface area contributed by atoms with Crippen molar-refractivity contribution in [2.75, 3.05) is 0 Å². The van der Waals surface area contributed by atoms with Crippen LogP contribution >= 0.6 is 11.3 Å². The Hall–Kier alpha value is -1.86. The van der Waals surface area contributed by atoms with Crippen LogP contribution in [-0.2, 0) is 17.5 Å². The number of nitrogens with two attached hydrogens (primary N) is 1. The highest BCUT2D eigenvalue weighted by Gasteiger charge is 2.31. The molecular formula is C14H13F3N2OS. The van der Waals surface area contributed by atoms with Crippen LogP contribution in [0.4, 0.5) is 13.2 Å². The second kappa shape index (κ2) is 6.28. The van der Waals surface area contributed by atoms with E-state index in [1.54, 1.807) is 0 Å². The van der Waals surface area contributed by atoms with E-state index in [4.69, 9.17) is 5.73 Å². The van der Waals surface area contributed by atoms with Crippen molar-refractivity contribution in [3.63, 3.8) is 0 Å². The Balaban J connectivity index is 2.20. The van der Waals surface area contributed by atoms with Gasteiger partial charge in [0.2, 0.25) is 5.91 Å². The summed E-state index contributed by atoms with van der Waals surface area (Å²) in [5.41, 5.74) is 4.69. The van der Waals surface area contributed by atoms with E-state index in [1.807, 2.05) is 17.5 Å². The van der Waals surface area contributed by atoms with Gasteiger partial charge in [0.1, 0.15) is 6.04 Å². The number of hydrogen-bond acceptors (Lipinski definition) is 3. The molecule has 0 aliphatic rings. The van der Waals surface area contributed by atoms with Crippen molar-refractivity contribution in [3.05, 3.63) is 57.8 Å². The van der Waals surface area contributed by atoms with Crippen molar-refractivity contribution < 1.29 is 18.0 Å². The Bertz CT molecular complexity index is 611. The summed E-state index contributed by atoms with van der Waals surface area (Å²) in [7, 11) is 0. The quantitative estimate of drug-likeness (QED) is 0.891. The van der Waals surface area contributed by atoms with Gasteiger partial charge in [0.25, 0.3) is 0 Å². The molecule has 1 aromatic heterocycles. The van der Waals surface area contributed by atoms with Gasteiger partial charge in [0.15, 0.2) is 0 Å². The summed E-state index contributed by atoms with van der Waals surface area (Å²) in [6, 6.07) is 7.37. The SMILES string of the molecule is NC(=O)C(NCc1cccs1)c1cccc(C(F)(F)F)c1. The summed E-state index contributed by atoms with van der Waals surface area (Å²) >= 11 is 1.48. The van der Waals surface area contributed by atoms with Gasteiger partial charge in [-0.15, -0.1) is 11.3 Å². The lowest BCUT2D eigenvalue weighted by atomic mass is 10.0. The number of primary amides is 1. The van der Waals surface area contributed by atoms with Gasteiger partial charge in [0, 0.05) is 11.4 Å². The lowest BCUT2D eigenvalue weighted by Crippen LogP contribution is -2.33. The van der Waals surface area contributed by atoms with Crippen LogP contribution in [0.2, 0.25) is 0 Å². The maximum Gasteiger partial charge on any atom is 0.416 e. The second-order valence-corrected chi connectivity index (χ2v) is 5.45. The lowest BCUT2D eigenvalue weighted by molar-refractivity contribution is -0.137. The molecule has 2 aromatic rings. The van der Waals surface area contributed by atoms with Crippen molar-refractivity contribution in [1.82, 2.24) is 5.32 Å². The van der Waals surface area contributed by atoms with Crippen LogP contribution in [0.1, 0.15) is 22.0 Å². The van der Waals surface area contributed by atoms with Crippen LogP contribution in [0, 0.1) is 0 Å². The average molecular weight is 314 g/mol. The average Bonchev–Trinajstić information content (AvgIpc) is 2.91. The number of hydrogen-bond donors (Lipinski definition) is 2. The number of rotatable bonds is 5. The molecule has 1 amide bonds. The summed E-state index contributed by atoms with van der Waals surface area (Å²) in [6.07, 6.45) is -4.45. The van der Waals surface area contributed by atoms with Crippen LogP contribution in [0.3, 0.4) is 0 Å². The van der Waals surface area contributed by atoms with Crippen molar-refractivity contribution in [2.45, 2.75) is 18.8 Å². The Kier molecular flexibility index (Phi) is 4.64. The van der Waals surface area contributed by atoms with E-state index < -0.39 is 23.7 Å². The van der Waals surface area contributed by atoms with Crippen molar-refractivity contribution in [2.24, 2.45) is 5.73 Å². The molecule has 0 saturated carbocycles. The number of nitrogens with one attached hydrogen (secondary N) is 1. The number of carbonyl (C=O) groups is 1. The molecule has 7 heteroatoms. The van der Waals surface area contributed by atoms with Crippen LogP contribution in [-0.4, -0.2) is 5.91 Å². The third-order valence-electron chi connectivity index (χ3n) is 2.89. The van der Waals surface area contributed by atoms with E-state index in [2.05, 4.69) is 5.32 Å². The van der Waals surface area contributed by atoms with Crippen molar-refractivity contribution in [1.29, 1.82) is 0 Å². The Morgan fingerprint density at radius 3 is 2.62 bits per heavy atom. The first-order valence-corrected chi connectivity index (χ1v) is 6.98. The smallest absolute Gasteiger partial charge is 0.368 e. The summed E-state index contributed by atoms with van der Waals surface area (Å²) in [4.78, 5) is 12.5. The first kappa shape index (κ1) is 15.5. The van der Waals surface area contributed by atoms with Crippen molar-refractivity contribution in [3.8, 4) is 0 Å². The zero-order valence-electron chi connectivity index (χ0n) is 10.9. The minimum Gasteiger partial charge on any atom is -0.368 e. The minimum atomic E-state index is -4.45. The van der Waals surface area contributed by atoms with Crippen LogP contribution in [0.15, 0.2) is 41.8 Å². The number of carbonyl (C=O) groups excluding carboxylic acids is 1. The molecule has 0 bridgehead atoms. The molecule has 0 spiro atoms. The minimum absolute atomic E-state index is 0.203. The van der Waals surface area contributed by atoms with E-state index in [0.717, 1.165) is 17.0 Å². The van der Waals surface area contributed by atoms with E-state index >= 15 is 0 Å². The van der Waals surface area contributed by atoms with Gasteiger partial charge < -0.3 is 5.73 Å². The zero-order valence-corrected chi connectivity index (χ0v) is 11.7. The van der Waals surface area contributed by atoms with E-state index in [-0.39, 0.29) is 5.56 Å². The monoisotopic (exact) mass is 314 g/mol. The first-order valence-electron chi connectivity index (χ1n) is 6.10. The molecule has 0 fully saturated rings. The fourth-order valence-electron chi connectivity index (χ4n) is 1.89. The number of thiophene rings is 1. The highest BCUT2D eigenvalue weighted by Crippen LogP contribution is 2.30. The molecule has 0 saturated heterocycles. The van der Waals surface area contributed by atoms with Gasteiger partial charge in [-0.25, -0.2) is 0 Å². The number of halogens is 3. The Morgan fingerprint density at radius 2 is 2.05 bits per heavy atom. The highest BCUT2D eigenvalue weighted by molar-refractivity contribution is 7.09. The molecule has 3 nitrogen and oxygen atoms in total. The fourth-order valence-corrected chi connectivity index (χ4v) is 2.55. The summed E-state index contributed by atoms with van der Waals surface area (Å²) in [6.45, 7) is 0.363.